The average Bonchev–Trinajstić information content (AvgIpc) is 3.02. The van der Waals surface area contributed by atoms with E-state index in [-0.39, 0.29) is 6.04 Å². The summed E-state index contributed by atoms with van der Waals surface area (Å²) in [6.45, 7) is 5.97. The Morgan fingerprint density at radius 3 is 3.05 bits per heavy atom. The van der Waals surface area contributed by atoms with Crippen LogP contribution >= 0.6 is 11.6 Å². The van der Waals surface area contributed by atoms with Crippen LogP contribution in [0.25, 0.3) is 0 Å². The molecule has 1 atom stereocenters. The molecule has 4 nitrogen and oxygen atoms in total. The van der Waals surface area contributed by atoms with Crippen LogP contribution in [0.1, 0.15) is 42.2 Å². The van der Waals surface area contributed by atoms with Gasteiger partial charge in [0.1, 0.15) is 11.6 Å². The van der Waals surface area contributed by atoms with Crippen LogP contribution in [0, 0.1) is 6.92 Å². The van der Waals surface area contributed by atoms with Crippen LogP contribution in [-0.2, 0) is 19.5 Å². The van der Waals surface area contributed by atoms with Crippen molar-refractivity contribution in [3.05, 3.63) is 46.0 Å². The molecule has 2 aromatic rings. The van der Waals surface area contributed by atoms with Crippen molar-refractivity contribution in [3.8, 4) is 0 Å². The quantitative estimate of drug-likeness (QED) is 0.941. The Morgan fingerprint density at radius 1 is 1.40 bits per heavy atom. The maximum absolute atomic E-state index is 6.15. The summed E-state index contributed by atoms with van der Waals surface area (Å²) >= 11 is 6.15. The highest BCUT2D eigenvalue weighted by Crippen LogP contribution is 2.20. The summed E-state index contributed by atoms with van der Waals surface area (Å²) in [6, 6.07) is 6.37. The van der Waals surface area contributed by atoms with Gasteiger partial charge in [-0.2, -0.15) is 0 Å². The molecule has 1 N–H and O–H groups in total. The third kappa shape index (κ3) is 2.58. The third-order valence-corrected chi connectivity index (χ3v) is 4.28. The van der Waals surface area contributed by atoms with E-state index in [1.165, 1.54) is 12.0 Å². The normalized spacial score (nSPS) is 15.3. The lowest BCUT2D eigenvalue weighted by molar-refractivity contribution is 0.516. The van der Waals surface area contributed by atoms with Gasteiger partial charge < -0.3 is 9.88 Å². The Balaban J connectivity index is 1.67. The molecule has 0 fully saturated rings. The number of nitrogens with zero attached hydrogens (tertiary/aromatic N) is 3. The van der Waals surface area contributed by atoms with Gasteiger partial charge in [0.15, 0.2) is 0 Å². The van der Waals surface area contributed by atoms with Gasteiger partial charge >= 0.3 is 0 Å². The molecule has 3 rings (SSSR count). The molecule has 2 heterocycles. The molecule has 1 aliphatic rings. The van der Waals surface area contributed by atoms with Crippen molar-refractivity contribution < 1.29 is 0 Å². The predicted molar refractivity (Wildman–Crippen MR) is 79.8 cm³/mol. The molecule has 0 aliphatic carbocycles. The molecule has 0 bridgehead atoms. The van der Waals surface area contributed by atoms with Gasteiger partial charge in [-0.25, -0.2) is 0 Å². The van der Waals surface area contributed by atoms with Crippen LogP contribution in [0.4, 0.5) is 0 Å². The second-order valence-corrected chi connectivity index (χ2v) is 5.82. The maximum atomic E-state index is 6.15. The number of nitrogens with one attached hydrogen (secondary N) is 1. The fourth-order valence-corrected chi connectivity index (χ4v) is 2.81. The highest BCUT2D eigenvalue weighted by atomic mass is 35.5. The molecule has 0 amide bonds. The van der Waals surface area contributed by atoms with E-state index in [4.69, 9.17) is 11.6 Å². The topological polar surface area (TPSA) is 42.7 Å². The Labute approximate surface area is 124 Å². The zero-order valence-electron chi connectivity index (χ0n) is 11.9. The van der Waals surface area contributed by atoms with E-state index in [0.29, 0.717) is 0 Å². The van der Waals surface area contributed by atoms with Crippen molar-refractivity contribution in [1.29, 1.82) is 0 Å². The second-order valence-electron chi connectivity index (χ2n) is 5.42. The van der Waals surface area contributed by atoms with E-state index in [2.05, 4.69) is 39.1 Å². The number of aryl methyl sites for hydroxylation is 2. The summed E-state index contributed by atoms with van der Waals surface area (Å²) < 4.78 is 2.24. The molecular formula is C15H19ClN4. The largest absolute Gasteiger partial charge is 0.314 e. The lowest BCUT2D eigenvalue weighted by Crippen LogP contribution is -2.21. The van der Waals surface area contributed by atoms with Gasteiger partial charge in [0.25, 0.3) is 0 Å². The molecule has 0 saturated heterocycles. The fraction of sp³-hybridized carbons (Fsp3) is 0.467. The fourth-order valence-electron chi connectivity index (χ4n) is 2.60. The first kappa shape index (κ1) is 13.6. The molecule has 5 heteroatoms. The number of benzene rings is 1. The molecule has 1 unspecified atom stereocenters. The van der Waals surface area contributed by atoms with Crippen LogP contribution in [0.15, 0.2) is 18.2 Å². The number of aromatic nitrogens is 3. The number of rotatable bonds is 4. The lowest BCUT2D eigenvalue weighted by atomic mass is 10.1. The van der Waals surface area contributed by atoms with E-state index in [0.717, 1.165) is 41.7 Å². The Hall–Kier alpha value is -1.39. The minimum absolute atomic E-state index is 0.189. The standard InChI is InChI=1S/C15H19ClN4/c1-10-5-6-12(8-13(10)16)9-17-11(2)15-19-18-14-4-3-7-20(14)15/h5-6,8,11,17H,3-4,7,9H2,1-2H3. The van der Waals surface area contributed by atoms with Crippen LogP contribution < -0.4 is 5.32 Å². The Morgan fingerprint density at radius 2 is 2.25 bits per heavy atom. The molecule has 1 aromatic carbocycles. The van der Waals surface area contributed by atoms with E-state index in [9.17, 15) is 0 Å². The van der Waals surface area contributed by atoms with Gasteiger partial charge in [-0.3, -0.25) is 0 Å². The van der Waals surface area contributed by atoms with Gasteiger partial charge in [0, 0.05) is 24.5 Å². The summed E-state index contributed by atoms with van der Waals surface area (Å²) in [4.78, 5) is 0. The second kappa shape index (κ2) is 5.54. The lowest BCUT2D eigenvalue weighted by Gasteiger charge is -2.14. The number of hydrogen-bond acceptors (Lipinski definition) is 3. The van der Waals surface area contributed by atoms with Crippen molar-refractivity contribution >= 4 is 11.6 Å². The average molecular weight is 291 g/mol. The molecular weight excluding hydrogens is 272 g/mol. The summed E-state index contributed by atoms with van der Waals surface area (Å²) in [5.41, 5.74) is 2.30. The molecule has 0 spiro atoms. The predicted octanol–water partition coefficient (Wildman–Crippen LogP) is 3.04. The van der Waals surface area contributed by atoms with Crippen molar-refractivity contribution in [2.24, 2.45) is 0 Å². The monoisotopic (exact) mass is 290 g/mol. The molecule has 1 aromatic heterocycles. The summed E-state index contributed by atoms with van der Waals surface area (Å²) in [5, 5.41) is 12.9. The minimum Gasteiger partial charge on any atom is -0.314 e. The van der Waals surface area contributed by atoms with Crippen LogP contribution in [0.5, 0.6) is 0 Å². The van der Waals surface area contributed by atoms with Crippen LogP contribution in [0.3, 0.4) is 0 Å². The van der Waals surface area contributed by atoms with E-state index in [1.807, 2.05) is 13.0 Å². The minimum atomic E-state index is 0.189. The van der Waals surface area contributed by atoms with Gasteiger partial charge in [-0.1, -0.05) is 23.7 Å². The third-order valence-electron chi connectivity index (χ3n) is 3.87. The Kier molecular flexibility index (Phi) is 3.76. The van der Waals surface area contributed by atoms with Crippen LogP contribution in [-0.4, -0.2) is 14.8 Å². The van der Waals surface area contributed by atoms with Crippen molar-refractivity contribution in [2.45, 2.75) is 45.8 Å². The molecule has 20 heavy (non-hydrogen) atoms. The van der Waals surface area contributed by atoms with E-state index in [1.54, 1.807) is 0 Å². The number of halogens is 1. The van der Waals surface area contributed by atoms with Gasteiger partial charge in [-0.15, -0.1) is 10.2 Å². The molecule has 0 radical (unpaired) electrons. The van der Waals surface area contributed by atoms with Gasteiger partial charge in [0.05, 0.1) is 6.04 Å². The summed E-state index contributed by atoms with van der Waals surface area (Å²) in [7, 11) is 0. The first-order chi connectivity index (χ1) is 9.65. The maximum Gasteiger partial charge on any atom is 0.149 e. The summed E-state index contributed by atoms with van der Waals surface area (Å²) in [5.74, 6) is 2.16. The zero-order valence-corrected chi connectivity index (χ0v) is 12.6. The highest BCUT2D eigenvalue weighted by molar-refractivity contribution is 6.31. The Bertz CT molecular complexity index is 620. The molecule has 106 valence electrons. The molecule has 0 saturated carbocycles. The number of fused-ring (bicyclic) bond motifs is 1. The smallest absolute Gasteiger partial charge is 0.149 e. The van der Waals surface area contributed by atoms with Gasteiger partial charge in [0.2, 0.25) is 0 Å². The van der Waals surface area contributed by atoms with Crippen molar-refractivity contribution in [3.63, 3.8) is 0 Å². The van der Waals surface area contributed by atoms with E-state index < -0.39 is 0 Å². The van der Waals surface area contributed by atoms with E-state index >= 15 is 0 Å². The van der Waals surface area contributed by atoms with Gasteiger partial charge in [-0.05, 0) is 37.5 Å². The zero-order chi connectivity index (χ0) is 14.1. The van der Waals surface area contributed by atoms with Crippen molar-refractivity contribution in [2.75, 3.05) is 0 Å². The van der Waals surface area contributed by atoms with Crippen LogP contribution in [0.2, 0.25) is 5.02 Å². The molecule has 1 aliphatic heterocycles. The first-order valence-corrected chi connectivity index (χ1v) is 7.43. The highest BCUT2D eigenvalue weighted by Gasteiger charge is 2.20. The number of hydrogen-bond donors (Lipinski definition) is 1. The summed E-state index contributed by atoms with van der Waals surface area (Å²) in [6.07, 6.45) is 2.23. The first-order valence-electron chi connectivity index (χ1n) is 7.05. The SMILES string of the molecule is Cc1ccc(CNC(C)c2nnc3n2CCC3)cc1Cl. The van der Waals surface area contributed by atoms with Crippen molar-refractivity contribution in [1.82, 2.24) is 20.1 Å².